The molecule has 140 valence electrons. The van der Waals surface area contributed by atoms with E-state index in [9.17, 15) is 8.42 Å². The number of sulfone groups is 1. The first kappa shape index (κ1) is 18.4. The summed E-state index contributed by atoms with van der Waals surface area (Å²) >= 11 is 0. The fourth-order valence-corrected chi connectivity index (χ4v) is 4.36. The molecule has 0 radical (unpaired) electrons. The predicted octanol–water partition coefficient (Wildman–Crippen LogP) is 0.852. The fraction of sp³-hybridized carbons (Fsp3) is 0.471. The Morgan fingerprint density at radius 2 is 2.04 bits per heavy atom. The number of para-hydroxylation sites is 1. The molecule has 2 heterocycles. The summed E-state index contributed by atoms with van der Waals surface area (Å²) in [4.78, 5) is 6.28. The van der Waals surface area contributed by atoms with Crippen molar-refractivity contribution in [2.45, 2.75) is 25.1 Å². The van der Waals surface area contributed by atoms with E-state index in [2.05, 4.69) is 20.5 Å². The van der Waals surface area contributed by atoms with Gasteiger partial charge in [0.15, 0.2) is 21.6 Å². The van der Waals surface area contributed by atoms with E-state index in [1.54, 1.807) is 27.2 Å². The first-order chi connectivity index (χ1) is 12.3. The Morgan fingerprint density at radius 1 is 1.31 bits per heavy atom. The maximum Gasteiger partial charge on any atom is 0.194 e. The summed E-state index contributed by atoms with van der Waals surface area (Å²) in [5.74, 6) is 1.54. The molecule has 0 amide bonds. The fourth-order valence-electron chi connectivity index (χ4n) is 3.00. The van der Waals surface area contributed by atoms with Crippen molar-refractivity contribution in [3.63, 3.8) is 0 Å². The number of benzene rings is 1. The zero-order chi connectivity index (χ0) is 18.8. The van der Waals surface area contributed by atoms with Gasteiger partial charge in [-0.2, -0.15) is 0 Å². The molecule has 0 spiro atoms. The van der Waals surface area contributed by atoms with Crippen LogP contribution in [0.4, 0.5) is 0 Å². The Kier molecular flexibility index (Phi) is 4.99. The lowest BCUT2D eigenvalue weighted by atomic mass is 10.2. The van der Waals surface area contributed by atoms with Crippen LogP contribution in [-0.2, 0) is 16.4 Å². The van der Waals surface area contributed by atoms with E-state index in [-0.39, 0.29) is 5.75 Å². The molecule has 8 nitrogen and oxygen atoms in total. The van der Waals surface area contributed by atoms with Gasteiger partial charge in [0.2, 0.25) is 0 Å². The molecular formula is C17H24N6O2S. The molecule has 1 aromatic carbocycles. The normalized spacial score (nSPS) is 19.3. The molecule has 1 aromatic heterocycles. The summed E-state index contributed by atoms with van der Waals surface area (Å²) in [6, 6.07) is 9.85. The van der Waals surface area contributed by atoms with E-state index in [1.807, 2.05) is 39.8 Å². The van der Waals surface area contributed by atoms with Crippen LogP contribution in [-0.4, -0.2) is 64.7 Å². The quantitative estimate of drug-likeness (QED) is 0.631. The lowest BCUT2D eigenvalue weighted by Crippen LogP contribution is -2.57. The summed E-state index contributed by atoms with van der Waals surface area (Å²) in [6.07, 6.45) is 1.67. The largest absolute Gasteiger partial charge is 0.349 e. The molecule has 26 heavy (non-hydrogen) atoms. The van der Waals surface area contributed by atoms with Gasteiger partial charge in [0.25, 0.3) is 0 Å². The highest BCUT2D eigenvalue weighted by molar-refractivity contribution is 7.92. The number of hydrogen-bond acceptors (Lipinski definition) is 5. The van der Waals surface area contributed by atoms with E-state index in [0.29, 0.717) is 25.6 Å². The summed E-state index contributed by atoms with van der Waals surface area (Å²) in [5.41, 5.74) is 0.981. The lowest BCUT2D eigenvalue weighted by molar-refractivity contribution is 0.353. The molecule has 1 aliphatic rings. The highest BCUT2D eigenvalue weighted by atomic mass is 32.2. The number of nitrogens with zero attached hydrogens (tertiary/aromatic N) is 5. The smallest absolute Gasteiger partial charge is 0.194 e. The van der Waals surface area contributed by atoms with Crippen molar-refractivity contribution in [3.8, 4) is 5.69 Å². The van der Waals surface area contributed by atoms with Gasteiger partial charge in [-0.15, -0.1) is 10.2 Å². The number of nitrogens with one attached hydrogen (secondary N) is 1. The van der Waals surface area contributed by atoms with Gasteiger partial charge in [-0.05, 0) is 26.0 Å². The standard InChI is InChI=1S/C17H24N6O2S/c1-17(2)12-22(9-10-26(17,24)25)16(18-3)19-11-15-21-20-13-23(15)14-7-5-4-6-8-14/h4-8,13H,9-12H2,1-3H3,(H,18,19). The molecular weight excluding hydrogens is 352 g/mol. The molecule has 1 saturated heterocycles. The lowest BCUT2D eigenvalue weighted by Gasteiger charge is -2.39. The monoisotopic (exact) mass is 376 g/mol. The highest BCUT2D eigenvalue weighted by Crippen LogP contribution is 2.23. The van der Waals surface area contributed by atoms with Crippen molar-refractivity contribution in [2.75, 3.05) is 25.9 Å². The molecule has 9 heteroatoms. The van der Waals surface area contributed by atoms with Crippen LogP contribution in [0, 0.1) is 0 Å². The minimum atomic E-state index is -3.09. The Morgan fingerprint density at radius 3 is 2.69 bits per heavy atom. The Bertz CT molecular complexity index is 889. The Balaban J connectivity index is 1.71. The third-order valence-electron chi connectivity index (χ3n) is 4.61. The van der Waals surface area contributed by atoms with Crippen LogP contribution in [0.5, 0.6) is 0 Å². The molecule has 1 fully saturated rings. The molecule has 0 saturated carbocycles. The summed E-state index contributed by atoms with van der Waals surface area (Å²) < 4.78 is 25.5. The third kappa shape index (κ3) is 3.57. The van der Waals surface area contributed by atoms with Gasteiger partial charge in [0.05, 0.1) is 17.0 Å². The van der Waals surface area contributed by atoms with Gasteiger partial charge in [-0.1, -0.05) is 18.2 Å². The summed E-state index contributed by atoms with van der Waals surface area (Å²) in [5, 5.41) is 11.4. The second-order valence-electron chi connectivity index (χ2n) is 6.85. The van der Waals surface area contributed by atoms with Crippen LogP contribution in [0.2, 0.25) is 0 Å². The average Bonchev–Trinajstić information content (AvgIpc) is 3.08. The van der Waals surface area contributed by atoms with Crippen LogP contribution in [0.15, 0.2) is 41.7 Å². The Labute approximate surface area is 153 Å². The molecule has 0 bridgehead atoms. The maximum atomic E-state index is 12.2. The van der Waals surface area contributed by atoms with Crippen molar-refractivity contribution in [2.24, 2.45) is 4.99 Å². The van der Waals surface area contributed by atoms with Crippen LogP contribution < -0.4 is 5.32 Å². The van der Waals surface area contributed by atoms with Crippen molar-refractivity contribution >= 4 is 15.8 Å². The molecule has 1 aliphatic heterocycles. The van der Waals surface area contributed by atoms with Gasteiger partial charge in [-0.3, -0.25) is 9.56 Å². The first-order valence-corrected chi connectivity index (χ1v) is 10.1. The van der Waals surface area contributed by atoms with Crippen molar-refractivity contribution in [1.29, 1.82) is 0 Å². The van der Waals surface area contributed by atoms with Gasteiger partial charge in [0, 0.05) is 25.8 Å². The zero-order valence-electron chi connectivity index (χ0n) is 15.3. The van der Waals surface area contributed by atoms with E-state index < -0.39 is 14.6 Å². The van der Waals surface area contributed by atoms with Gasteiger partial charge in [-0.25, -0.2) is 8.42 Å². The minimum absolute atomic E-state index is 0.126. The van der Waals surface area contributed by atoms with E-state index in [4.69, 9.17) is 0 Å². The van der Waals surface area contributed by atoms with Gasteiger partial charge in [0.1, 0.15) is 6.33 Å². The number of rotatable bonds is 3. The summed E-state index contributed by atoms with van der Waals surface area (Å²) in [7, 11) is -1.39. The van der Waals surface area contributed by atoms with Crippen LogP contribution in [0.25, 0.3) is 5.69 Å². The number of guanidine groups is 1. The van der Waals surface area contributed by atoms with Gasteiger partial charge >= 0.3 is 0 Å². The van der Waals surface area contributed by atoms with Crippen LogP contribution in [0.1, 0.15) is 19.7 Å². The van der Waals surface area contributed by atoms with Crippen molar-refractivity contribution < 1.29 is 8.42 Å². The van der Waals surface area contributed by atoms with E-state index >= 15 is 0 Å². The van der Waals surface area contributed by atoms with Crippen LogP contribution in [0.3, 0.4) is 0 Å². The SMILES string of the molecule is CN=C(NCc1nncn1-c1ccccc1)N1CCS(=O)(=O)C(C)(C)C1. The molecule has 0 aliphatic carbocycles. The topological polar surface area (TPSA) is 92.5 Å². The molecule has 1 N–H and O–H groups in total. The van der Waals surface area contributed by atoms with E-state index in [1.165, 1.54) is 0 Å². The second kappa shape index (κ2) is 7.06. The number of hydrogen-bond donors (Lipinski definition) is 1. The predicted molar refractivity (Wildman–Crippen MR) is 101 cm³/mol. The van der Waals surface area contributed by atoms with Crippen molar-refractivity contribution in [1.82, 2.24) is 25.0 Å². The van der Waals surface area contributed by atoms with E-state index in [0.717, 1.165) is 11.5 Å². The number of aliphatic imine (C=N–C) groups is 1. The molecule has 3 rings (SSSR count). The molecule has 0 atom stereocenters. The maximum absolute atomic E-state index is 12.2. The summed E-state index contributed by atoms with van der Waals surface area (Å²) in [6.45, 7) is 4.78. The van der Waals surface area contributed by atoms with Crippen molar-refractivity contribution in [3.05, 3.63) is 42.5 Å². The zero-order valence-corrected chi connectivity index (χ0v) is 16.1. The highest BCUT2D eigenvalue weighted by Gasteiger charge is 2.40. The third-order valence-corrected chi connectivity index (χ3v) is 7.15. The minimum Gasteiger partial charge on any atom is -0.349 e. The number of aromatic nitrogens is 3. The first-order valence-electron chi connectivity index (χ1n) is 8.46. The Hall–Kier alpha value is -2.42. The molecule has 2 aromatic rings. The molecule has 0 unspecified atom stereocenters. The van der Waals surface area contributed by atoms with Crippen LogP contribution >= 0.6 is 0 Å². The average molecular weight is 376 g/mol. The van der Waals surface area contributed by atoms with Gasteiger partial charge < -0.3 is 10.2 Å². The second-order valence-corrected chi connectivity index (χ2v) is 9.60.